The molecule has 0 fully saturated rings. The topological polar surface area (TPSA) is 12.0 Å². The molecule has 0 aromatic rings. The predicted molar refractivity (Wildman–Crippen MR) is 53.9 cm³/mol. The summed E-state index contributed by atoms with van der Waals surface area (Å²) >= 11 is 0. The van der Waals surface area contributed by atoms with Gasteiger partial charge in [-0.25, -0.2) is 0 Å². The van der Waals surface area contributed by atoms with Crippen molar-refractivity contribution in [2.24, 2.45) is 5.92 Å². The molecule has 1 atom stereocenters. The molecule has 1 unspecified atom stereocenters. The summed E-state index contributed by atoms with van der Waals surface area (Å²) in [5.41, 5.74) is 0. The minimum atomic E-state index is 0. The second kappa shape index (κ2) is 6.66. The third-order valence-corrected chi connectivity index (χ3v) is 2.07. The van der Waals surface area contributed by atoms with Gasteiger partial charge < -0.3 is 5.32 Å². The monoisotopic (exact) mass is 159 g/mol. The Morgan fingerprint density at radius 1 is 1.36 bits per heavy atom. The summed E-state index contributed by atoms with van der Waals surface area (Å²) < 4.78 is 0. The van der Waals surface area contributed by atoms with Crippen LogP contribution in [0.25, 0.3) is 0 Å². The fourth-order valence-electron chi connectivity index (χ4n) is 1.40. The van der Waals surface area contributed by atoms with Crippen LogP contribution in [-0.2, 0) is 0 Å². The van der Waals surface area contributed by atoms with Crippen LogP contribution in [0.1, 0.15) is 47.9 Å². The zero-order valence-electron chi connectivity index (χ0n) is 8.48. The molecule has 0 aromatic carbocycles. The lowest BCUT2D eigenvalue weighted by atomic mass is 9.99. The molecule has 0 heterocycles. The van der Waals surface area contributed by atoms with E-state index in [4.69, 9.17) is 0 Å². The molecule has 0 amide bonds. The van der Waals surface area contributed by atoms with Gasteiger partial charge in [0.15, 0.2) is 0 Å². The molecular weight excluding hydrogens is 134 g/mol. The molecule has 0 spiro atoms. The van der Waals surface area contributed by atoms with Crippen LogP contribution in [0.5, 0.6) is 0 Å². The van der Waals surface area contributed by atoms with E-state index in [1.54, 1.807) is 0 Å². The van der Waals surface area contributed by atoms with E-state index in [0.717, 1.165) is 12.0 Å². The summed E-state index contributed by atoms with van der Waals surface area (Å²) in [6, 6.07) is 0.745. The second-order valence-electron chi connectivity index (χ2n) is 3.76. The second-order valence-corrected chi connectivity index (χ2v) is 3.76. The van der Waals surface area contributed by atoms with E-state index in [0.29, 0.717) is 0 Å². The van der Waals surface area contributed by atoms with Gasteiger partial charge in [0.25, 0.3) is 0 Å². The van der Waals surface area contributed by atoms with Crippen molar-refractivity contribution in [2.45, 2.75) is 52.5 Å². The van der Waals surface area contributed by atoms with Crippen molar-refractivity contribution in [1.29, 1.82) is 0 Å². The van der Waals surface area contributed by atoms with Crippen LogP contribution < -0.4 is 5.32 Å². The average molecular weight is 159 g/mol. The van der Waals surface area contributed by atoms with Crippen LogP contribution >= 0.6 is 0 Å². The zero-order valence-corrected chi connectivity index (χ0v) is 8.48. The lowest BCUT2D eigenvalue weighted by Gasteiger charge is -2.17. The fraction of sp³-hybridized carbons (Fsp3) is 1.00. The maximum atomic E-state index is 3.37. The van der Waals surface area contributed by atoms with Crippen LogP contribution in [0, 0.1) is 5.92 Å². The minimum Gasteiger partial charge on any atom is -0.317 e. The Balaban J connectivity index is 0. The first-order valence-electron chi connectivity index (χ1n) is 4.88. The Labute approximate surface area is 73.1 Å². The maximum Gasteiger partial charge on any atom is 0.00664 e. The largest absolute Gasteiger partial charge is 0.317 e. The van der Waals surface area contributed by atoms with Gasteiger partial charge in [0.05, 0.1) is 0 Å². The van der Waals surface area contributed by atoms with Crippen LogP contribution in [-0.4, -0.2) is 13.1 Å². The number of hydrogen-bond acceptors (Lipinski definition) is 1. The van der Waals surface area contributed by atoms with Gasteiger partial charge in [-0.3, -0.25) is 0 Å². The van der Waals surface area contributed by atoms with Crippen molar-refractivity contribution in [1.82, 2.24) is 5.32 Å². The van der Waals surface area contributed by atoms with Crippen molar-refractivity contribution >= 4 is 0 Å². The molecule has 0 rings (SSSR count). The molecule has 1 heteroatoms. The van der Waals surface area contributed by atoms with Gasteiger partial charge in [0, 0.05) is 7.47 Å². The summed E-state index contributed by atoms with van der Waals surface area (Å²) in [5.74, 6) is 0.823. The van der Waals surface area contributed by atoms with Crippen molar-refractivity contribution in [2.75, 3.05) is 7.05 Å². The molecule has 1 N–H and O–H groups in total. The van der Waals surface area contributed by atoms with E-state index < -0.39 is 0 Å². The first-order chi connectivity index (χ1) is 5.20. The summed E-state index contributed by atoms with van der Waals surface area (Å²) in [5, 5.41) is 3.37. The third-order valence-electron chi connectivity index (χ3n) is 2.07. The molecule has 0 aromatic heterocycles. The molecule has 70 valence electrons. The molecule has 0 saturated carbocycles. The van der Waals surface area contributed by atoms with Gasteiger partial charge in [-0.1, -0.05) is 33.6 Å². The highest BCUT2D eigenvalue weighted by Crippen LogP contribution is 2.10. The normalized spacial score (nSPS) is 13.9. The number of hydrogen-bond donors (Lipinski definition) is 1. The van der Waals surface area contributed by atoms with Crippen LogP contribution in [0.3, 0.4) is 0 Å². The standard InChI is InChI=1S/C10H23N.H2/c1-5-6-7-10(11-4)8-9(2)3;/h9-11H,5-8H2,1-4H3;1H. The smallest absolute Gasteiger partial charge is 0.00664 e. The highest BCUT2D eigenvalue weighted by molar-refractivity contribution is 4.65. The summed E-state index contributed by atoms with van der Waals surface area (Å²) in [7, 11) is 2.07. The Bertz CT molecular complexity index is 83.9. The highest BCUT2D eigenvalue weighted by Gasteiger charge is 2.06. The quantitative estimate of drug-likeness (QED) is 0.628. The summed E-state index contributed by atoms with van der Waals surface area (Å²) in [4.78, 5) is 0. The molecule has 0 aliphatic heterocycles. The lowest BCUT2D eigenvalue weighted by Crippen LogP contribution is -2.26. The van der Waals surface area contributed by atoms with Crippen LogP contribution in [0.2, 0.25) is 0 Å². The number of rotatable bonds is 6. The summed E-state index contributed by atoms with van der Waals surface area (Å²) in [6.07, 6.45) is 5.33. The Hall–Kier alpha value is -0.0400. The van der Waals surface area contributed by atoms with Crippen LogP contribution in [0.4, 0.5) is 0 Å². The van der Waals surface area contributed by atoms with E-state index in [9.17, 15) is 0 Å². The molecule has 0 aliphatic rings. The first-order valence-corrected chi connectivity index (χ1v) is 4.88. The lowest BCUT2D eigenvalue weighted by molar-refractivity contribution is 0.411. The van der Waals surface area contributed by atoms with Gasteiger partial charge in [-0.2, -0.15) is 0 Å². The first kappa shape index (κ1) is 11.0. The zero-order chi connectivity index (χ0) is 8.69. The average Bonchev–Trinajstić information content (AvgIpc) is 1.97. The number of unbranched alkanes of at least 4 members (excludes halogenated alkanes) is 1. The molecule has 11 heavy (non-hydrogen) atoms. The number of nitrogens with one attached hydrogen (secondary N) is 1. The summed E-state index contributed by atoms with van der Waals surface area (Å²) in [6.45, 7) is 6.83. The van der Waals surface area contributed by atoms with Gasteiger partial charge >= 0.3 is 0 Å². The SMILES string of the molecule is CCCCC(CC(C)C)NC.[HH]. The molecule has 0 aliphatic carbocycles. The van der Waals surface area contributed by atoms with Gasteiger partial charge in [0.2, 0.25) is 0 Å². The van der Waals surface area contributed by atoms with Crippen molar-refractivity contribution in [3.05, 3.63) is 0 Å². The van der Waals surface area contributed by atoms with Gasteiger partial charge in [-0.15, -0.1) is 0 Å². The van der Waals surface area contributed by atoms with E-state index in [1.165, 1.54) is 25.7 Å². The Morgan fingerprint density at radius 3 is 2.36 bits per heavy atom. The molecule has 0 saturated heterocycles. The van der Waals surface area contributed by atoms with Gasteiger partial charge in [0.1, 0.15) is 0 Å². The molecule has 1 nitrogen and oxygen atoms in total. The van der Waals surface area contributed by atoms with E-state index in [2.05, 4.69) is 33.1 Å². The molecule has 0 bridgehead atoms. The van der Waals surface area contributed by atoms with Crippen molar-refractivity contribution in [3.8, 4) is 0 Å². The van der Waals surface area contributed by atoms with Crippen molar-refractivity contribution < 1.29 is 1.43 Å². The van der Waals surface area contributed by atoms with Crippen molar-refractivity contribution in [3.63, 3.8) is 0 Å². The van der Waals surface area contributed by atoms with E-state index >= 15 is 0 Å². The van der Waals surface area contributed by atoms with E-state index in [-0.39, 0.29) is 1.43 Å². The Morgan fingerprint density at radius 2 is 2.00 bits per heavy atom. The Kier molecular flexibility index (Phi) is 6.63. The van der Waals surface area contributed by atoms with Gasteiger partial charge in [-0.05, 0) is 25.8 Å². The predicted octanol–water partition coefficient (Wildman–Crippen LogP) is 3.06. The molecule has 0 radical (unpaired) electrons. The molecular formula is C10H25N. The maximum absolute atomic E-state index is 3.37. The van der Waals surface area contributed by atoms with E-state index in [1.807, 2.05) is 0 Å². The highest BCUT2D eigenvalue weighted by atomic mass is 14.9. The van der Waals surface area contributed by atoms with Crippen LogP contribution in [0.15, 0.2) is 0 Å². The third kappa shape index (κ3) is 6.36. The fourth-order valence-corrected chi connectivity index (χ4v) is 1.40. The minimum absolute atomic E-state index is 0.